The van der Waals surface area contributed by atoms with Gasteiger partial charge in [-0.1, -0.05) is 19.4 Å². The fourth-order valence-corrected chi connectivity index (χ4v) is 3.28. The third kappa shape index (κ3) is 3.38. The Kier molecular flexibility index (Phi) is 4.88. The zero-order valence-corrected chi connectivity index (χ0v) is 13.3. The molecule has 4 heteroatoms. The summed E-state index contributed by atoms with van der Waals surface area (Å²) in [4.78, 5) is 12.8. The zero-order valence-electron chi connectivity index (χ0n) is 13.3. The molecule has 0 spiro atoms. The highest BCUT2D eigenvalue weighted by atomic mass is 16.3. The van der Waals surface area contributed by atoms with E-state index in [1.807, 2.05) is 26.0 Å². The van der Waals surface area contributed by atoms with Crippen LogP contribution >= 0.6 is 0 Å². The van der Waals surface area contributed by atoms with E-state index >= 15 is 0 Å². The number of rotatable bonds is 4. The van der Waals surface area contributed by atoms with Gasteiger partial charge in [0, 0.05) is 0 Å². The number of phenolic OH excluding ortho intramolecular Hbond substituents is 1. The molecule has 21 heavy (non-hydrogen) atoms. The second kappa shape index (κ2) is 6.48. The van der Waals surface area contributed by atoms with E-state index in [0.717, 1.165) is 49.9 Å². The molecule has 0 saturated carbocycles. The van der Waals surface area contributed by atoms with Gasteiger partial charge in [-0.3, -0.25) is 4.79 Å². The van der Waals surface area contributed by atoms with Gasteiger partial charge in [-0.15, -0.1) is 0 Å². The molecular formula is C17H26N2O2. The van der Waals surface area contributed by atoms with Crippen LogP contribution in [0, 0.1) is 19.3 Å². The van der Waals surface area contributed by atoms with Gasteiger partial charge in [0.05, 0.1) is 11.1 Å². The van der Waals surface area contributed by atoms with Crippen LogP contribution in [-0.4, -0.2) is 24.1 Å². The highest BCUT2D eigenvalue weighted by molar-refractivity contribution is 5.96. The van der Waals surface area contributed by atoms with Crippen LogP contribution in [0.5, 0.6) is 5.75 Å². The van der Waals surface area contributed by atoms with Gasteiger partial charge in [-0.2, -0.15) is 0 Å². The lowest BCUT2D eigenvalue weighted by molar-refractivity contribution is -0.127. The summed E-state index contributed by atoms with van der Waals surface area (Å²) in [5.41, 5.74) is 2.06. The lowest BCUT2D eigenvalue weighted by Crippen LogP contribution is -2.44. The molecule has 4 nitrogen and oxygen atoms in total. The third-order valence-corrected chi connectivity index (χ3v) is 4.46. The van der Waals surface area contributed by atoms with E-state index in [-0.39, 0.29) is 17.1 Å². The van der Waals surface area contributed by atoms with Gasteiger partial charge in [-0.25, -0.2) is 0 Å². The Balaban J connectivity index is 2.23. The Labute approximate surface area is 126 Å². The van der Waals surface area contributed by atoms with E-state index in [1.54, 1.807) is 0 Å². The van der Waals surface area contributed by atoms with Crippen LogP contribution in [0.3, 0.4) is 0 Å². The number of aryl methyl sites for hydroxylation is 2. The van der Waals surface area contributed by atoms with Gasteiger partial charge in [-0.05, 0) is 63.4 Å². The van der Waals surface area contributed by atoms with Crippen LogP contribution in [0.25, 0.3) is 0 Å². The normalized spacial score (nSPS) is 17.5. The first-order valence-electron chi connectivity index (χ1n) is 7.81. The summed E-state index contributed by atoms with van der Waals surface area (Å²) < 4.78 is 0. The summed E-state index contributed by atoms with van der Waals surface area (Å²) in [6.45, 7) is 7.70. The molecule has 3 N–H and O–H groups in total. The topological polar surface area (TPSA) is 61.4 Å². The largest absolute Gasteiger partial charge is 0.505 e. The minimum absolute atomic E-state index is 0.0474. The Morgan fingerprint density at radius 3 is 2.62 bits per heavy atom. The molecule has 1 aromatic rings. The number of anilines is 1. The van der Waals surface area contributed by atoms with Crippen molar-refractivity contribution in [3.63, 3.8) is 0 Å². The molecule has 116 valence electrons. The second-order valence-electron chi connectivity index (χ2n) is 6.21. The number of benzene rings is 1. The number of hydrogen-bond acceptors (Lipinski definition) is 3. The Hall–Kier alpha value is -1.55. The molecule has 1 aromatic carbocycles. The molecule has 1 saturated heterocycles. The van der Waals surface area contributed by atoms with Crippen molar-refractivity contribution in [1.29, 1.82) is 0 Å². The highest BCUT2D eigenvalue weighted by Gasteiger charge is 2.38. The predicted octanol–water partition coefficient (Wildman–Crippen LogP) is 3.12. The molecule has 0 bridgehead atoms. The number of hydrogen-bond donors (Lipinski definition) is 3. The first-order chi connectivity index (χ1) is 9.98. The van der Waals surface area contributed by atoms with Crippen LogP contribution in [-0.2, 0) is 4.79 Å². The van der Waals surface area contributed by atoms with Crippen molar-refractivity contribution >= 4 is 11.6 Å². The predicted molar refractivity (Wildman–Crippen MR) is 85.7 cm³/mol. The third-order valence-electron chi connectivity index (χ3n) is 4.46. The Morgan fingerprint density at radius 2 is 2.00 bits per heavy atom. The molecule has 0 atom stereocenters. The Morgan fingerprint density at radius 1 is 1.33 bits per heavy atom. The second-order valence-corrected chi connectivity index (χ2v) is 6.21. The summed E-state index contributed by atoms with van der Waals surface area (Å²) in [6, 6.07) is 3.75. The van der Waals surface area contributed by atoms with E-state index in [2.05, 4.69) is 17.6 Å². The summed E-state index contributed by atoms with van der Waals surface area (Å²) in [5.74, 6) is 0.223. The van der Waals surface area contributed by atoms with Gasteiger partial charge >= 0.3 is 0 Å². The Bertz CT molecular complexity index is 514. The standard InChI is InChI=1S/C17H26N2O2/c1-4-5-17(6-8-18-9-7-17)16(21)19-14-11-12(2)10-13(3)15(14)20/h10-11,18,20H,4-9H2,1-3H3,(H,19,21). The number of carbonyl (C=O) groups excluding carboxylic acids is 1. The molecule has 0 aromatic heterocycles. The fraction of sp³-hybridized carbons (Fsp3) is 0.588. The minimum atomic E-state index is -0.301. The number of aromatic hydroxyl groups is 1. The summed E-state index contributed by atoms with van der Waals surface area (Å²) >= 11 is 0. The number of phenols is 1. The van der Waals surface area contributed by atoms with E-state index in [0.29, 0.717) is 5.69 Å². The number of piperidine rings is 1. The molecule has 0 unspecified atom stereocenters. The molecule has 1 aliphatic heterocycles. The summed E-state index contributed by atoms with van der Waals surface area (Å²) in [6.07, 6.45) is 3.61. The number of carbonyl (C=O) groups is 1. The van der Waals surface area contributed by atoms with E-state index in [9.17, 15) is 9.90 Å². The summed E-state index contributed by atoms with van der Waals surface area (Å²) in [7, 11) is 0. The van der Waals surface area contributed by atoms with Crippen molar-refractivity contribution < 1.29 is 9.90 Å². The average Bonchev–Trinajstić information content (AvgIpc) is 2.45. The smallest absolute Gasteiger partial charge is 0.230 e. The van der Waals surface area contributed by atoms with E-state index in [4.69, 9.17) is 0 Å². The molecule has 0 radical (unpaired) electrons. The number of nitrogens with one attached hydrogen (secondary N) is 2. The first kappa shape index (κ1) is 15.8. The number of amides is 1. The van der Waals surface area contributed by atoms with E-state index < -0.39 is 0 Å². The van der Waals surface area contributed by atoms with Crippen molar-refractivity contribution in [2.45, 2.75) is 46.5 Å². The van der Waals surface area contributed by atoms with Crippen LogP contribution in [0.4, 0.5) is 5.69 Å². The molecule has 0 aliphatic carbocycles. The van der Waals surface area contributed by atoms with Crippen LogP contribution in [0.1, 0.15) is 43.7 Å². The summed E-state index contributed by atoms with van der Waals surface area (Å²) in [5, 5.41) is 16.4. The molecular weight excluding hydrogens is 264 g/mol. The van der Waals surface area contributed by atoms with Crippen LogP contribution in [0.15, 0.2) is 12.1 Å². The van der Waals surface area contributed by atoms with Gasteiger partial charge in [0.25, 0.3) is 0 Å². The maximum Gasteiger partial charge on any atom is 0.230 e. The van der Waals surface area contributed by atoms with Gasteiger partial charge in [0.2, 0.25) is 5.91 Å². The van der Waals surface area contributed by atoms with Crippen LogP contribution in [0.2, 0.25) is 0 Å². The quantitative estimate of drug-likeness (QED) is 0.747. The van der Waals surface area contributed by atoms with Crippen molar-refractivity contribution in [2.24, 2.45) is 5.41 Å². The molecule has 2 rings (SSSR count). The molecule has 1 fully saturated rings. The lowest BCUT2D eigenvalue weighted by Gasteiger charge is -2.36. The SMILES string of the molecule is CCCC1(C(=O)Nc2cc(C)cc(C)c2O)CCNCC1. The van der Waals surface area contributed by atoms with Gasteiger partial charge < -0.3 is 15.7 Å². The average molecular weight is 290 g/mol. The maximum absolute atomic E-state index is 12.8. The van der Waals surface area contributed by atoms with Gasteiger partial charge in [0.15, 0.2) is 0 Å². The van der Waals surface area contributed by atoms with Crippen LogP contribution < -0.4 is 10.6 Å². The fourth-order valence-electron chi connectivity index (χ4n) is 3.28. The minimum Gasteiger partial charge on any atom is -0.505 e. The van der Waals surface area contributed by atoms with Crippen molar-refractivity contribution in [1.82, 2.24) is 5.32 Å². The van der Waals surface area contributed by atoms with Crippen molar-refractivity contribution in [3.8, 4) is 5.75 Å². The highest BCUT2D eigenvalue weighted by Crippen LogP contribution is 2.37. The van der Waals surface area contributed by atoms with Crippen molar-refractivity contribution in [2.75, 3.05) is 18.4 Å². The zero-order chi connectivity index (χ0) is 15.5. The molecule has 1 amide bonds. The van der Waals surface area contributed by atoms with Crippen molar-refractivity contribution in [3.05, 3.63) is 23.3 Å². The molecule has 1 heterocycles. The monoisotopic (exact) mass is 290 g/mol. The molecule has 1 aliphatic rings. The lowest BCUT2D eigenvalue weighted by atomic mass is 9.74. The maximum atomic E-state index is 12.8. The van der Waals surface area contributed by atoms with Gasteiger partial charge in [0.1, 0.15) is 5.75 Å². The first-order valence-corrected chi connectivity index (χ1v) is 7.81. The van der Waals surface area contributed by atoms with E-state index in [1.165, 1.54) is 0 Å².